The Bertz CT molecular complexity index is 953. The van der Waals surface area contributed by atoms with Crippen LogP contribution in [0.2, 0.25) is 0 Å². The molecule has 7 heteroatoms. The van der Waals surface area contributed by atoms with Crippen molar-refractivity contribution in [2.75, 3.05) is 33.7 Å². The number of benzene rings is 2. The predicted octanol–water partition coefficient (Wildman–Crippen LogP) is 2.65. The summed E-state index contributed by atoms with van der Waals surface area (Å²) in [5, 5.41) is 5.53. The van der Waals surface area contributed by atoms with Crippen LogP contribution < -0.4 is 5.32 Å². The van der Waals surface area contributed by atoms with Crippen LogP contribution >= 0.6 is 0 Å². The number of nitrogens with one attached hydrogen (secondary N) is 1. The minimum Gasteiger partial charge on any atom is -0.356 e. The molecule has 1 saturated heterocycles. The van der Waals surface area contributed by atoms with Crippen LogP contribution in [0.1, 0.15) is 25.3 Å². The second-order valence-corrected chi connectivity index (χ2v) is 10.3. The number of rotatable bonds is 7. The van der Waals surface area contributed by atoms with E-state index >= 15 is 0 Å². The van der Waals surface area contributed by atoms with Crippen molar-refractivity contribution in [2.24, 2.45) is 11.8 Å². The Morgan fingerprint density at radius 1 is 1.21 bits per heavy atom. The zero-order chi connectivity index (χ0) is 21.0. The third kappa shape index (κ3) is 5.15. The fourth-order valence-corrected chi connectivity index (χ4v) is 5.12. The summed E-state index contributed by atoms with van der Waals surface area (Å²) in [6.45, 7) is 3.44. The smallest absolute Gasteiger partial charge is 0.281 e. The molecular formula is C22H31N3O3S. The van der Waals surface area contributed by atoms with E-state index in [0.717, 1.165) is 12.8 Å². The maximum Gasteiger partial charge on any atom is 0.281 e. The van der Waals surface area contributed by atoms with E-state index in [-0.39, 0.29) is 24.3 Å². The van der Waals surface area contributed by atoms with E-state index in [0.29, 0.717) is 19.5 Å². The van der Waals surface area contributed by atoms with E-state index in [1.165, 1.54) is 39.0 Å². The molecule has 0 aromatic heterocycles. The number of nitrogens with zero attached hydrogens (tertiary/aromatic N) is 2. The van der Waals surface area contributed by atoms with Crippen LogP contribution in [-0.4, -0.2) is 56.7 Å². The van der Waals surface area contributed by atoms with Gasteiger partial charge in [-0.05, 0) is 41.5 Å². The molecule has 2 aromatic rings. The maximum absolute atomic E-state index is 12.7. The Morgan fingerprint density at radius 3 is 2.69 bits per heavy atom. The Kier molecular flexibility index (Phi) is 6.93. The van der Waals surface area contributed by atoms with Crippen molar-refractivity contribution in [3.63, 3.8) is 0 Å². The van der Waals surface area contributed by atoms with Crippen LogP contribution in [0.15, 0.2) is 42.5 Å². The van der Waals surface area contributed by atoms with Gasteiger partial charge in [-0.1, -0.05) is 49.4 Å². The van der Waals surface area contributed by atoms with Gasteiger partial charge in [-0.2, -0.15) is 17.0 Å². The fourth-order valence-electron chi connectivity index (χ4n) is 3.93. The highest BCUT2D eigenvalue weighted by Crippen LogP contribution is 2.22. The van der Waals surface area contributed by atoms with Crippen molar-refractivity contribution in [3.8, 4) is 0 Å². The lowest BCUT2D eigenvalue weighted by molar-refractivity contribution is -0.126. The number of piperidine rings is 1. The number of amides is 1. The molecule has 1 aliphatic rings. The lowest BCUT2D eigenvalue weighted by Crippen LogP contribution is -2.49. The van der Waals surface area contributed by atoms with Crippen LogP contribution in [-0.2, 0) is 21.4 Å². The Labute approximate surface area is 174 Å². The lowest BCUT2D eigenvalue weighted by Gasteiger charge is -2.33. The highest BCUT2D eigenvalue weighted by atomic mass is 32.2. The van der Waals surface area contributed by atoms with E-state index in [1.807, 2.05) is 6.07 Å². The van der Waals surface area contributed by atoms with Crippen molar-refractivity contribution in [3.05, 3.63) is 48.0 Å². The van der Waals surface area contributed by atoms with Gasteiger partial charge in [0.05, 0.1) is 5.92 Å². The van der Waals surface area contributed by atoms with Crippen LogP contribution in [0.5, 0.6) is 0 Å². The van der Waals surface area contributed by atoms with Gasteiger partial charge in [0.1, 0.15) is 0 Å². The van der Waals surface area contributed by atoms with Crippen LogP contribution in [0.3, 0.4) is 0 Å². The molecule has 0 unspecified atom stereocenters. The molecule has 1 N–H and O–H groups in total. The van der Waals surface area contributed by atoms with Gasteiger partial charge < -0.3 is 5.32 Å². The molecule has 158 valence electrons. The summed E-state index contributed by atoms with van der Waals surface area (Å²) < 4.78 is 27.3. The van der Waals surface area contributed by atoms with Crippen molar-refractivity contribution < 1.29 is 13.2 Å². The Morgan fingerprint density at radius 2 is 1.93 bits per heavy atom. The maximum atomic E-state index is 12.7. The first-order chi connectivity index (χ1) is 13.8. The Hall–Kier alpha value is -1.96. The van der Waals surface area contributed by atoms with Crippen molar-refractivity contribution in [1.29, 1.82) is 0 Å². The topological polar surface area (TPSA) is 69.7 Å². The third-order valence-electron chi connectivity index (χ3n) is 5.62. The van der Waals surface area contributed by atoms with Gasteiger partial charge in [-0.25, -0.2) is 0 Å². The Balaban J connectivity index is 1.56. The third-order valence-corrected chi connectivity index (χ3v) is 7.52. The van der Waals surface area contributed by atoms with Crippen molar-refractivity contribution in [1.82, 2.24) is 13.9 Å². The summed E-state index contributed by atoms with van der Waals surface area (Å²) in [5.41, 5.74) is 1.28. The van der Waals surface area contributed by atoms with E-state index in [4.69, 9.17) is 0 Å². The summed E-state index contributed by atoms with van der Waals surface area (Å²) in [7, 11) is -0.429. The zero-order valence-corrected chi connectivity index (χ0v) is 18.3. The minimum absolute atomic E-state index is 0.0478. The second kappa shape index (κ2) is 9.24. The van der Waals surface area contributed by atoms with Gasteiger partial charge in [0, 0.05) is 33.7 Å². The standard InChI is InChI=1S/C22H31N3O3S/c1-17(14-19-10-6-9-18-8-4-5-12-21(18)19)15-23-22(26)20-11-7-13-25(16-20)29(27,28)24(2)3/h4-6,8-10,12,17,20H,7,11,13-16H2,1-3H3,(H,23,26)/t17-,20+/m1/s1. The van der Waals surface area contributed by atoms with Crippen molar-refractivity contribution in [2.45, 2.75) is 26.2 Å². The highest BCUT2D eigenvalue weighted by molar-refractivity contribution is 7.86. The summed E-state index contributed by atoms with van der Waals surface area (Å²) in [6.07, 6.45) is 2.31. The van der Waals surface area contributed by atoms with Crippen LogP contribution in [0, 0.1) is 11.8 Å². The normalized spacial score (nSPS) is 19.4. The van der Waals surface area contributed by atoms with Gasteiger partial charge >= 0.3 is 0 Å². The van der Waals surface area contributed by atoms with Crippen LogP contribution in [0.4, 0.5) is 0 Å². The molecular weight excluding hydrogens is 386 g/mol. The van der Waals surface area contributed by atoms with E-state index < -0.39 is 10.2 Å². The fraction of sp³-hybridized carbons (Fsp3) is 0.500. The first-order valence-electron chi connectivity index (χ1n) is 10.2. The molecule has 1 amide bonds. The quantitative estimate of drug-likeness (QED) is 0.753. The zero-order valence-electron chi connectivity index (χ0n) is 17.5. The summed E-state index contributed by atoms with van der Waals surface area (Å²) in [6, 6.07) is 14.7. The summed E-state index contributed by atoms with van der Waals surface area (Å²) in [5.74, 6) is -0.0494. The van der Waals surface area contributed by atoms with E-state index in [9.17, 15) is 13.2 Å². The molecule has 29 heavy (non-hydrogen) atoms. The highest BCUT2D eigenvalue weighted by Gasteiger charge is 2.33. The summed E-state index contributed by atoms with van der Waals surface area (Å²) >= 11 is 0. The molecule has 1 fully saturated rings. The predicted molar refractivity (Wildman–Crippen MR) is 117 cm³/mol. The van der Waals surface area contributed by atoms with Gasteiger partial charge in [0.25, 0.3) is 10.2 Å². The molecule has 0 aliphatic carbocycles. The average Bonchev–Trinajstić information content (AvgIpc) is 2.72. The van der Waals surface area contributed by atoms with Crippen molar-refractivity contribution >= 4 is 26.9 Å². The monoisotopic (exact) mass is 417 g/mol. The van der Waals surface area contributed by atoms with Gasteiger partial charge in [0.15, 0.2) is 0 Å². The first-order valence-corrected chi connectivity index (χ1v) is 11.6. The van der Waals surface area contributed by atoms with E-state index in [2.05, 4.69) is 48.6 Å². The van der Waals surface area contributed by atoms with Gasteiger partial charge in [-0.15, -0.1) is 0 Å². The lowest BCUT2D eigenvalue weighted by atomic mass is 9.95. The molecule has 0 saturated carbocycles. The number of hydrogen-bond donors (Lipinski definition) is 1. The first kappa shape index (κ1) is 21.7. The largest absolute Gasteiger partial charge is 0.356 e. The van der Waals surface area contributed by atoms with E-state index in [1.54, 1.807) is 0 Å². The average molecular weight is 418 g/mol. The molecule has 3 rings (SSSR count). The van der Waals surface area contributed by atoms with Crippen LogP contribution in [0.25, 0.3) is 10.8 Å². The SMILES string of the molecule is C[C@@H](CNC(=O)[C@H]1CCCN(S(=O)(=O)N(C)C)C1)Cc1cccc2ccccc12. The molecule has 0 bridgehead atoms. The molecule has 1 aliphatic heterocycles. The molecule has 1 heterocycles. The number of carbonyl (C=O) groups is 1. The molecule has 6 nitrogen and oxygen atoms in total. The molecule has 0 radical (unpaired) electrons. The molecule has 0 spiro atoms. The number of fused-ring (bicyclic) bond motifs is 1. The molecule has 2 atom stereocenters. The number of carbonyl (C=O) groups excluding carboxylic acids is 1. The number of hydrogen-bond acceptors (Lipinski definition) is 3. The second-order valence-electron chi connectivity index (χ2n) is 8.18. The van der Waals surface area contributed by atoms with Gasteiger partial charge in [0.2, 0.25) is 5.91 Å². The summed E-state index contributed by atoms with van der Waals surface area (Å²) in [4.78, 5) is 12.7. The van der Waals surface area contributed by atoms with Gasteiger partial charge in [-0.3, -0.25) is 4.79 Å². The molecule has 2 aromatic carbocycles. The minimum atomic E-state index is -3.47.